The summed E-state index contributed by atoms with van der Waals surface area (Å²) in [5.74, 6) is 0.129. The van der Waals surface area contributed by atoms with Gasteiger partial charge in [-0.05, 0) is 42.0 Å². The second-order valence-corrected chi connectivity index (χ2v) is 9.72. The summed E-state index contributed by atoms with van der Waals surface area (Å²) in [7, 11) is -2.65. The van der Waals surface area contributed by atoms with Crippen LogP contribution in [0.15, 0.2) is 87.6 Å². The molecule has 0 fully saturated rings. The lowest BCUT2D eigenvalue weighted by Gasteiger charge is -2.15. The number of thioether (sulfide) groups is 1. The van der Waals surface area contributed by atoms with Crippen LogP contribution in [0.5, 0.6) is 5.75 Å². The highest BCUT2D eigenvalue weighted by Crippen LogP contribution is 2.34. The first kappa shape index (κ1) is 23.7. The fourth-order valence-corrected chi connectivity index (χ4v) is 5.58. The molecule has 32 heavy (non-hydrogen) atoms. The highest BCUT2D eigenvalue weighted by Gasteiger charge is 2.26. The van der Waals surface area contributed by atoms with Gasteiger partial charge in [0, 0.05) is 11.4 Å². The standard InChI is InChI=1S/C23H18ClFN2O3S2/c1-30-21-12-11-17(13-19(21)24)27-23(31-15-16-7-5-6-10-20(16)25)22(14-26)32(28,29)18-8-3-2-4-9-18/h2-13,27H,15H2,1H3/b23-22+. The molecular weight excluding hydrogens is 471 g/mol. The minimum Gasteiger partial charge on any atom is -0.495 e. The number of benzene rings is 3. The van der Waals surface area contributed by atoms with Gasteiger partial charge in [0.1, 0.15) is 22.7 Å². The number of allylic oxidation sites excluding steroid dienone is 1. The number of hydrogen-bond donors (Lipinski definition) is 1. The maximum Gasteiger partial charge on any atom is 0.219 e. The molecule has 0 aromatic heterocycles. The van der Waals surface area contributed by atoms with Gasteiger partial charge in [-0.1, -0.05) is 48.0 Å². The largest absolute Gasteiger partial charge is 0.495 e. The monoisotopic (exact) mass is 488 g/mol. The van der Waals surface area contributed by atoms with Crippen molar-refractivity contribution in [2.75, 3.05) is 12.4 Å². The van der Waals surface area contributed by atoms with Crippen LogP contribution in [0.25, 0.3) is 0 Å². The van der Waals surface area contributed by atoms with E-state index in [9.17, 15) is 18.1 Å². The summed E-state index contributed by atoms with van der Waals surface area (Å²) in [5.41, 5.74) is 0.821. The Morgan fingerprint density at radius 2 is 1.81 bits per heavy atom. The summed E-state index contributed by atoms with van der Waals surface area (Å²) in [6, 6.07) is 20.4. The summed E-state index contributed by atoms with van der Waals surface area (Å²) in [5, 5.41) is 13.1. The van der Waals surface area contributed by atoms with Crippen LogP contribution in [-0.4, -0.2) is 15.5 Å². The lowest BCUT2D eigenvalue weighted by molar-refractivity contribution is 0.415. The normalized spacial score (nSPS) is 11.9. The Morgan fingerprint density at radius 1 is 1.12 bits per heavy atom. The SMILES string of the molecule is COc1ccc(N/C(SCc2ccccc2F)=C(/C#N)S(=O)(=O)c2ccccc2)cc1Cl. The van der Waals surface area contributed by atoms with E-state index >= 15 is 0 Å². The molecule has 0 saturated heterocycles. The van der Waals surface area contributed by atoms with Gasteiger partial charge in [-0.25, -0.2) is 12.8 Å². The van der Waals surface area contributed by atoms with Gasteiger partial charge in [-0.15, -0.1) is 11.8 Å². The van der Waals surface area contributed by atoms with Crippen molar-refractivity contribution < 1.29 is 17.5 Å². The maximum atomic E-state index is 14.1. The molecule has 0 radical (unpaired) electrons. The van der Waals surface area contributed by atoms with Gasteiger partial charge >= 0.3 is 0 Å². The van der Waals surface area contributed by atoms with Gasteiger partial charge in [0.15, 0.2) is 4.91 Å². The van der Waals surface area contributed by atoms with Crippen molar-refractivity contribution in [2.45, 2.75) is 10.6 Å². The molecule has 3 aromatic carbocycles. The minimum absolute atomic E-state index is 0.0184. The highest BCUT2D eigenvalue weighted by molar-refractivity contribution is 8.04. The molecule has 164 valence electrons. The van der Waals surface area contributed by atoms with E-state index in [0.29, 0.717) is 22.0 Å². The van der Waals surface area contributed by atoms with E-state index in [1.165, 1.54) is 25.3 Å². The van der Waals surface area contributed by atoms with Crippen molar-refractivity contribution in [3.63, 3.8) is 0 Å². The molecule has 0 heterocycles. The molecule has 0 unspecified atom stereocenters. The van der Waals surface area contributed by atoms with Gasteiger partial charge in [0.2, 0.25) is 9.84 Å². The van der Waals surface area contributed by atoms with Crippen molar-refractivity contribution in [1.29, 1.82) is 5.26 Å². The van der Waals surface area contributed by atoms with Crippen LogP contribution in [0, 0.1) is 17.1 Å². The van der Waals surface area contributed by atoms with Gasteiger partial charge in [-0.3, -0.25) is 0 Å². The predicted molar refractivity (Wildman–Crippen MR) is 126 cm³/mol. The van der Waals surface area contributed by atoms with Gasteiger partial charge < -0.3 is 10.1 Å². The number of methoxy groups -OCH3 is 1. The first-order valence-corrected chi connectivity index (χ1v) is 12.1. The summed E-state index contributed by atoms with van der Waals surface area (Å²) in [4.78, 5) is -0.493. The zero-order valence-corrected chi connectivity index (χ0v) is 19.3. The molecule has 0 aliphatic carbocycles. The Labute approximate surface area is 195 Å². The lowest BCUT2D eigenvalue weighted by atomic mass is 10.2. The maximum absolute atomic E-state index is 14.1. The number of nitrogens with one attached hydrogen (secondary N) is 1. The van der Waals surface area contributed by atoms with Gasteiger partial charge in [0.05, 0.1) is 17.0 Å². The molecule has 0 saturated carbocycles. The summed E-state index contributed by atoms with van der Waals surface area (Å²) >= 11 is 7.19. The molecule has 9 heteroatoms. The zero-order chi connectivity index (χ0) is 23.1. The van der Waals surface area contributed by atoms with Crippen LogP contribution >= 0.6 is 23.4 Å². The molecule has 0 amide bonds. The molecule has 3 rings (SSSR count). The number of anilines is 1. The van der Waals surface area contributed by atoms with Crippen LogP contribution in [0.2, 0.25) is 5.02 Å². The Hall–Kier alpha value is -2.99. The fraction of sp³-hybridized carbons (Fsp3) is 0.0870. The summed E-state index contributed by atoms with van der Waals surface area (Å²) < 4.78 is 45.6. The van der Waals surface area contributed by atoms with E-state index in [4.69, 9.17) is 16.3 Å². The van der Waals surface area contributed by atoms with E-state index < -0.39 is 20.6 Å². The summed E-state index contributed by atoms with van der Waals surface area (Å²) in [6.07, 6.45) is 0. The number of sulfone groups is 1. The quantitative estimate of drug-likeness (QED) is 0.392. The molecular formula is C23H18ClFN2O3S2. The van der Waals surface area contributed by atoms with Crippen molar-refractivity contribution in [1.82, 2.24) is 0 Å². The third kappa shape index (κ3) is 5.43. The fourth-order valence-electron chi connectivity index (χ4n) is 2.75. The molecule has 0 aliphatic heterocycles. The van der Waals surface area contributed by atoms with E-state index in [1.54, 1.807) is 60.7 Å². The van der Waals surface area contributed by atoms with Crippen LogP contribution in [0.4, 0.5) is 10.1 Å². The van der Waals surface area contributed by atoms with Gasteiger partial charge in [-0.2, -0.15) is 5.26 Å². The number of nitrogens with zero attached hydrogens (tertiary/aromatic N) is 1. The Morgan fingerprint density at radius 3 is 2.44 bits per heavy atom. The number of rotatable bonds is 8. The third-order valence-electron chi connectivity index (χ3n) is 4.37. The smallest absolute Gasteiger partial charge is 0.219 e. The molecule has 3 aromatic rings. The van der Waals surface area contributed by atoms with Crippen molar-refractivity contribution >= 4 is 38.9 Å². The first-order valence-electron chi connectivity index (χ1n) is 9.28. The van der Waals surface area contributed by atoms with E-state index in [0.717, 1.165) is 11.8 Å². The van der Waals surface area contributed by atoms with Crippen LogP contribution < -0.4 is 10.1 Å². The summed E-state index contributed by atoms with van der Waals surface area (Å²) in [6.45, 7) is 0. The Bertz CT molecular complexity index is 1290. The molecule has 0 spiro atoms. The molecule has 0 atom stereocenters. The highest BCUT2D eigenvalue weighted by atomic mass is 35.5. The zero-order valence-electron chi connectivity index (χ0n) is 16.9. The average molecular weight is 489 g/mol. The van der Waals surface area contributed by atoms with E-state index in [1.807, 2.05) is 0 Å². The molecule has 0 bridgehead atoms. The van der Waals surface area contributed by atoms with Crippen molar-refractivity contribution in [3.8, 4) is 11.8 Å². The molecule has 0 aliphatic rings. The first-order chi connectivity index (χ1) is 15.4. The lowest BCUT2D eigenvalue weighted by Crippen LogP contribution is -2.10. The second-order valence-electron chi connectivity index (χ2n) is 6.44. The minimum atomic E-state index is -4.12. The predicted octanol–water partition coefficient (Wildman–Crippen LogP) is 6.00. The third-order valence-corrected chi connectivity index (χ3v) is 7.57. The van der Waals surface area contributed by atoms with Crippen LogP contribution in [0.3, 0.4) is 0 Å². The number of ether oxygens (including phenoxy) is 1. The van der Waals surface area contributed by atoms with Gasteiger partial charge in [0.25, 0.3) is 0 Å². The molecule has 5 nitrogen and oxygen atoms in total. The van der Waals surface area contributed by atoms with E-state index in [-0.39, 0.29) is 15.7 Å². The van der Waals surface area contributed by atoms with Crippen molar-refractivity contribution in [3.05, 3.63) is 99.1 Å². The number of nitriles is 1. The molecule has 1 N–H and O–H groups in total. The Balaban J connectivity index is 2.06. The topological polar surface area (TPSA) is 79.2 Å². The average Bonchev–Trinajstić information content (AvgIpc) is 2.79. The number of halogens is 2. The van der Waals surface area contributed by atoms with Crippen LogP contribution in [0.1, 0.15) is 5.56 Å². The second kappa shape index (κ2) is 10.6. The van der Waals surface area contributed by atoms with E-state index in [2.05, 4.69) is 5.32 Å². The van der Waals surface area contributed by atoms with Crippen molar-refractivity contribution in [2.24, 2.45) is 0 Å². The van der Waals surface area contributed by atoms with Crippen LogP contribution in [-0.2, 0) is 15.6 Å². The number of hydrogen-bond acceptors (Lipinski definition) is 6. The Kier molecular flexibility index (Phi) is 7.80.